The zero-order valence-corrected chi connectivity index (χ0v) is 13.4. The molecule has 0 aliphatic carbocycles. The third-order valence-corrected chi connectivity index (χ3v) is 3.47. The standard InChI is InChI=1S/C18H24NO2/c1-6-14-12-15-13(2)8-7-9-16(15)19(14)11-10-17(20)21-18(3,4)5/h7-9,12H,1,6,10-11H2,2-5H3. The molecule has 0 fully saturated rings. The van der Waals surface area contributed by atoms with Gasteiger partial charge in [-0.3, -0.25) is 4.79 Å². The number of carbonyl (C=O) groups is 1. The van der Waals surface area contributed by atoms with E-state index in [-0.39, 0.29) is 5.97 Å². The van der Waals surface area contributed by atoms with Crippen LogP contribution in [0.5, 0.6) is 0 Å². The second-order valence-corrected chi connectivity index (χ2v) is 6.38. The van der Waals surface area contributed by atoms with Crippen LogP contribution in [0.4, 0.5) is 0 Å². The van der Waals surface area contributed by atoms with E-state index in [0.717, 1.165) is 11.2 Å². The van der Waals surface area contributed by atoms with Crippen LogP contribution in [-0.4, -0.2) is 16.1 Å². The Balaban J connectivity index is 2.22. The average molecular weight is 286 g/mol. The minimum Gasteiger partial charge on any atom is -0.460 e. The second-order valence-electron chi connectivity index (χ2n) is 6.38. The van der Waals surface area contributed by atoms with Crippen molar-refractivity contribution in [3.63, 3.8) is 0 Å². The van der Waals surface area contributed by atoms with Gasteiger partial charge in [0.15, 0.2) is 0 Å². The van der Waals surface area contributed by atoms with Gasteiger partial charge in [0.05, 0.1) is 6.42 Å². The molecule has 1 aromatic heterocycles. The van der Waals surface area contributed by atoms with Gasteiger partial charge in [0.2, 0.25) is 0 Å². The van der Waals surface area contributed by atoms with Crippen molar-refractivity contribution in [3.8, 4) is 0 Å². The Kier molecular flexibility index (Phi) is 4.40. The van der Waals surface area contributed by atoms with Gasteiger partial charge < -0.3 is 9.30 Å². The van der Waals surface area contributed by atoms with Crippen LogP contribution in [0.25, 0.3) is 10.9 Å². The van der Waals surface area contributed by atoms with Crippen molar-refractivity contribution >= 4 is 16.9 Å². The first-order chi connectivity index (χ1) is 9.81. The molecular weight excluding hydrogens is 262 g/mol. The van der Waals surface area contributed by atoms with Crippen molar-refractivity contribution < 1.29 is 9.53 Å². The molecule has 1 radical (unpaired) electrons. The van der Waals surface area contributed by atoms with Gasteiger partial charge in [-0.25, -0.2) is 0 Å². The molecule has 0 saturated heterocycles. The van der Waals surface area contributed by atoms with E-state index < -0.39 is 5.60 Å². The van der Waals surface area contributed by atoms with Crippen LogP contribution in [-0.2, 0) is 22.5 Å². The molecule has 1 aromatic carbocycles. The van der Waals surface area contributed by atoms with Gasteiger partial charge in [-0.15, -0.1) is 0 Å². The quantitative estimate of drug-likeness (QED) is 0.794. The minimum atomic E-state index is -0.429. The number of aromatic nitrogens is 1. The smallest absolute Gasteiger partial charge is 0.308 e. The molecule has 21 heavy (non-hydrogen) atoms. The number of aryl methyl sites for hydroxylation is 2. The second kappa shape index (κ2) is 5.92. The largest absolute Gasteiger partial charge is 0.460 e. The monoisotopic (exact) mass is 286 g/mol. The van der Waals surface area contributed by atoms with E-state index in [1.165, 1.54) is 10.9 Å². The molecule has 0 saturated carbocycles. The summed E-state index contributed by atoms with van der Waals surface area (Å²) in [6, 6.07) is 8.42. The number of benzene rings is 1. The molecule has 0 spiro atoms. The molecule has 0 aliphatic rings. The van der Waals surface area contributed by atoms with E-state index >= 15 is 0 Å². The number of esters is 1. The van der Waals surface area contributed by atoms with Crippen LogP contribution >= 0.6 is 0 Å². The summed E-state index contributed by atoms with van der Waals surface area (Å²) in [6.07, 6.45) is 1.09. The van der Waals surface area contributed by atoms with Crippen molar-refractivity contribution in [1.29, 1.82) is 0 Å². The lowest BCUT2D eigenvalue weighted by Crippen LogP contribution is -2.24. The highest BCUT2D eigenvalue weighted by Gasteiger charge is 2.17. The molecule has 113 valence electrons. The number of ether oxygens (including phenoxy) is 1. The van der Waals surface area contributed by atoms with E-state index in [1.807, 2.05) is 20.8 Å². The zero-order chi connectivity index (χ0) is 15.6. The van der Waals surface area contributed by atoms with E-state index in [2.05, 4.69) is 42.7 Å². The van der Waals surface area contributed by atoms with E-state index in [4.69, 9.17) is 4.74 Å². The zero-order valence-electron chi connectivity index (χ0n) is 13.4. The Hall–Kier alpha value is -1.77. The summed E-state index contributed by atoms with van der Waals surface area (Å²) in [5.41, 5.74) is 3.14. The fourth-order valence-corrected chi connectivity index (χ4v) is 2.55. The molecule has 3 heteroatoms. The summed E-state index contributed by atoms with van der Waals surface area (Å²) in [5, 5.41) is 1.24. The number of carbonyl (C=O) groups excluding carboxylic acids is 1. The van der Waals surface area contributed by atoms with Crippen molar-refractivity contribution in [1.82, 2.24) is 4.57 Å². The van der Waals surface area contributed by atoms with Gasteiger partial charge in [-0.1, -0.05) is 12.1 Å². The van der Waals surface area contributed by atoms with Gasteiger partial charge in [0.1, 0.15) is 5.60 Å². The first-order valence-corrected chi connectivity index (χ1v) is 7.40. The van der Waals surface area contributed by atoms with Crippen LogP contribution in [0.15, 0.2) is 24.3 Å². The number of nitrogens with zero attached hydrogens (tertiary/aromatic N) is 1. The SMILES string of the molecule is [CH2]Cc1cc2c(C)cccc2n1CCC(=O)OC(C)(C)C. The molecule has 0 aliphatic heterocycles. The van der Waals surface area contributed by atoms with Crippen LogP contribution in [0.1, 0.15) is 38.4 Å². The van der Waals surface area contributed by atoms with Crippen LogP contribution in [0, 0.1) is 13.8 Å². The normalized spacial score (nSPS) is 11.9. The van der Waals surface area contributed by atoms with Crippen molar-refractivity contribution in [3.05, 3.63) is 42.4 Å². The maximum atomic E-state index is 11.9. The highest BCUT2D eigenvalue weighted by molar-refractivity contribution is 5.84. The predicted octanol–water partition coefficient (Wildman–Crippen LogP) is 4.06. The minimum absolute atomic E-state index is 0.160. The van der Waals surface area contributed by atoms with Crippen molar-refractivity contribution in [2.75, 3.05) is 0 Å². The van der Waals surface area contributed by atoms with Gasteiger partial charge in [0.25, 0.3) is 0 Å². The number of rotatable bonds is 4. The van der Waals surface area contributed by atoms with Crippen LogP contribution in [0.2, 0.25) is 0 Å². The number of hydrogen-bond acceptors (Lipinski definition) is 2. The van der Waals surface area contributed by atoms with Crippen LogP contribution < -0.4 is 0 Å². The fraction of sp³-hybridized carbons (Fsp3) is 0.444. The molecule has 2 aromatic rings. The Morgan fingerprint density at radius 1 is 1.33 bits per heavy atom. The van der Waals surface area contributed by atoms with E-state index in [0.29, 0.717) is 19.4 Å². The topological polar surface area (TPSA) is 31.2 Å². The molecule has 0 N–H and O–H groups in total. The fourth-order valence-electron chi connectivity index (χ4n) is 2.55. The lowest BCUT2D eigenvalue weighted by Gasteiger charge is -2.20. The first kappa shape index (κ1) is 15.6. The van der Waals surface area contributed by atoms with Gasteiger partial charge in [-0.2, -0.15) is 0 Å². The number of fused-ring (bicyclic) bond motifs is 1. The summed E-state index contributed by atoms with van der Waals surface area (Å²) in [4.78, 5) is 11.9. The molecule has 0 atom stereocenters. The molecule has 0 amide bonds. The van der Waals surface area contributed by atoms with Crippen LogP contribution in [0.3, 0.4) is 0 Å². The molecule has 1 heterocycles. The molecule has 2 rings (SSSR count). The highest BCUT2D eigenvalue weighted by atomic mass is 16.6. The third kappa shape index (κ3) is 3.66. The maximum Gasteiger partial charge on any atom is 0.308 e. The molecule has 0 unspecified atom stereocenters. The van der Waals surface area contributed by atoms with Gasteiger partial charge >= 0.3 is 5.97 Å². The van der Waals surface area contributed by atoms with Crippen molar-refractivity contribution in [2.24, 2.45) is 0 Å². The summed E-state index contributed by atoms with van der Waals surface area (Å²) in [6.45, 7) is 12.4. The third-order valence-electron chi connectivity index (χ3n) is 3.47. The Bertz CT molecular complexity index is 647. The van der Waals surface area contributed by atoms with E-state index in [1.54, 1.807) is 0 Å². The predicted molar refractivity (Wildman–Crippen MR) is 86.2 cm³/mol. The summed E-state index contributed by atoms with van der Waals surface area (Å²) < 4.78 is 7.56. The molecular formula is C18H24NO2. The lowest BCUT2D eigenvalue weighted by molar-refractivity contribution is -0.155. The molecule has 0 bridgehead atoms. The van der Waals surface area contributed by atoms with Crippen molar-refractivity contribution in [2.45, 2.75) is 52.7 Å². The Labute approximate surface area is 126 Å². The summed E-state index contributed by atoms with van der Waals surface area (Å²) in [7, 11) is 0. The first-order valence-electron chi connectivity index (χ1n) is 7.40. The Morgan fingerprint density at radius 3 is 2.67 bits per heavy atom. The molecule has 3 nitrogen and oxygen atoms in total. The lowest BCUT2D eigenvalue weighted by atomic mass is 10.1. The Morgan fingerprint density at radius 2 is 2.05 bits per heavy atom. The summed E-state index contributed by atoms with van der Waals surface area (Å²) >= 11 is 0. The van der Waals surface area contributed by atoms with E-state index in [9.17, 15) is 4.79 Å². The maximum absolute atomic E-state index is 11.9. The van der Waals surface area contributed by atoms with Gasteiger partial charge in [0, 0.05) is 23.1 Å². The van der Waals surface area contributed by atoms with Gasteiger partial charge in [-0.05, 0) is 58.7 Å². The summed E-state index contributed by atoms with van der Waals surface area (Å²) in [5.74, 6) is -0.160. The average Bonchev–Trinajstić information content (AvgIpc) is 2.73. The number of hydrogen-bond donors (Lipinski definition) is 0. The highest BCUT2D eigenvalue weighted by Crippen LogP contribution is 2.24.